The van der Waals surface area contributed by atoms with Crippen LogP contribution in [0.15, 0.2) is 28.9 Å². The zero-order chi connectivity index (χ0) is 19.6. The Hall–Kier alpha value is -2.62. The molecule has 1 saturated heterocycles. The molecule has 1 aliphatic rings. The second-order valence-corrected chi connectivity index (χ2v) is 6.42. The number of anilines is 2. The number of aromatic nitrogens is 2. The molecule has 1 N–H and O–H groups in total. The molecule has 7 nitrogen and oxygen atoms in total. The van der Waals surface area contributed by atoms with Crippen LogP contribution in [0.3, 0.4) is 0 Å². The molecule has 27 heavy (non-hydrogen) atoms. The monoisotopic (exact) mass is 383 g/mol. The standard InChI is InChI=1S/C17H20F3N5O2/c1-11-9-15(27-23-11)22-16(26)12(2)24-5-7-25(8-6-24)14-4-3-13(10-21-14)17(18,19)20/h3-4,9-10,12H,5-8H2,1-2H3,(H,22,26). The summed E-state index contributed by atoms with van der Waals surface area (Å²) in [4.78, 5) is 20.2. The van der Waals surface area contributed by atoms with E-state index in [0.29, 0.717) is 43.6 Å². The number of halogens is 3. The van der Waals surface area contributed by atoms with Gasteiger partial charge in [-0.25, -0.2) is 4.98 Å². The fourth-order valence-corrected chi connectivity index (χ4v) is 2.89. The van der Waals surface area contributed by atoms with E-state index < -0.39 is 11.7 Å². The highest BCUT2D eigenvalue weighted by Crippen LogP contribution is 2.29. The van der Waals surface area contributed by atoms with Crippen LogP contribution < -0.4 is 10.2 Å². The van der Waals surface area contributed by atoms with Crippen molar-refractivity contribution in [2.45, 2.75) is 26.1 Å². The lowest BCUT2D eigenvalue weighted by Crippen LogP contribution is -2.53. The Morgan fingerprint density at radius 3 is 2.48 bits per heavy atom. The maximum absolute atomic E-state index is 12.6. The van der Waals surface area contributed by atoms with Crippen LogP contribution >= 0.6 is 0 Å². The maximum atomic E-state index is 12.6. The van der Waals surface area contributed by atoms with Gasteiger partial charge in [-0.15, -0.1) is 0 Å². The smallest absolute Gasteiger partial charge is 0.354 e. The third-order valence-electron chi connectivity index (χ3n) is 4.51. The Labute approximate surface area is 154 Å². The maximum Gasteiger partial charge on any atom is 0.417 e. The largest absolute Gasteiger partial charge is 0.417 e. The van der Waals surface area contributed by atoms with Crippen molar-refractivity contribution in [3.8, 4) is 0 Å². The van der Waals surface area contributed by atoms with Gasteiger partial charge >= 0.3 is 6.18 Å². The first-order valence-electron chi connectivity index (χ1n) is 8.50. The summed E-state index contributed by atoms with van der Waals surface area (Å²) in [6.07, 6.45) is -3.55. The lowest BCUT2D eigenvalue weighted by Gasteiger charge is -2.37. The zero-order valence-corrected chi connectivity index (χ0v) is 15.0. The van der Waals surface area contributed by atoms with Crippen molar-refractivity contribution in [3.05, 3.63) is 35.7 Å². The molecule has 1 fully saturated rings. The fraction of sp³-hybridized carbons (Fsp3) is 0.471. The van der Waals surface area contributed by atoms with Gasteiger partial charge < -0.3 is 9.42 Å². The Balaban J connectivity index is 1.54. The summed E-state index contributed by atoms with van der Waals surface area (Å²) in [7, 11) is 0. The number of rotatable bonds is 4. The first-order valence-corrected chi connectivity index (χ1v) is 8.50. The second-order valence-electron chi connectivity index (χ2n) is 6.42. The van der Waals surface area contributed by atoms with Crippen molar-refractivity contribution in [2.24, 2.45) is 0 Å². The van der Waals surface area contributed by atoms with Gasteiger partial charge in [-0.05, 0) is 26.0 Å². The van der Waals surface area contributed by atoms with Crippen molar-refractivity contribution in [1.82, 2.24) is 15.0 Å². The Kier molecular flexibility index (Phi) is 5.36. The van der Waals surface area contributed by atoms with Crippen LogP contribution in [0.1, 0.15) is 18.2 Å². The van der Waals surface area contributed by atoms with Gasteiger partial charge in [0.05, 0.1) is 17.3 Å². The van der Waals surface area contributed by atoms with Gasteiger partial charge in [-0.3, -0.25) is 15.0 Å². The second kappa shape index (κ2) is 7.55. The predicted molar refractivity (Wildman–Crippen MR) is 92.4 cm³/mol. The summed E-state index contributed by atoms with van der Waals surface area (Å²) < 4.78 is 42.9. The molecule has 1 aliphatic heterocycles. The van der Waals surface area contributed by atoms with E-state index in [2.05, 4.69) is 15.5 Å². The molecule has 146 valence electrons. The van der Waals surface area contributed by atoms with E-state index in [-0.39, 0.29) is 11.9 Å². The molecule has 0 saturated carbocycles. The highest BCUT2D eigenvalue weighted by atomic mass is 19.4. The minimum Gasteiger partial charge on any atom is -0.354 e. The third kappa shape index (κ3) is 4.57. The van der Waals surface area contributed by atoms with Crippen molar-refractivity contribution in [3.63, 3.8) is 0 Å². The van der Waals surface area contributed by atoms with Crippen LogP contribution in [-0.4, -0.2) is 53.2 Å². The molecule has 1 unspecified atom stereocenters. The topological polar surface area (TPSA) is 74.5 Å². The van der Waals surface area contributed by atoms with Crippen LogP contribution in [0.2, 0.25) is 0 Å². The molecule has 0 aliphatic carbocycles. The van der Waals surface area contributed by atoms with Crippen molar-refractivity contribution >= 4 is 17.6 Å². The molecular weight excluding hydrogens is 363 g/mol. The highest BCUT2D eigenvalue weighted by Gasteiger charge is 2.31. The van der Waals surface area contributed by atoms with Crippen molar-refractivity contribution in [1.29, 1.82) is 0 Å². The Bertz CT molecular complexity index is 783. The van der Waals surface area contributed by atoms with E-state index >= 15 is 0 Å². The van der Waals surface area contributed by atoms with Gasteiger partial charge in [0.15, 0.2) is 0 Å². The molecule has 2 aromatic heterocycles. The van der Waals surface area contributed by atoms with Crippen LogP contribution in [0.25, 0.3) is 0 Å². The molecule has 3 rings (SSSR count). The van der Waals surface area contributed by atoms with Gasteiger partial charge in [0.2, 0.25) is 11.8 Å². The number of aryl methyl sites for hydroxylation is 1. The van der Waals surface area contributed by atoms with E-state index in [0.717, 1.165) is 12.3 Å². The lowest BCUT2D eigenvalue weighted by molar-refractivity contribution is -0.137. The lowest BCUT2D eigenvalue weighted by atomic mass is 10.2. The van der Waals surface area contributed by atoms with Gasteiger partial charge in [0.1, 0.15) is 5.82 Å². The summed E-state index contributed by atoms with van der Waals surface area (Å²) in [5.41, 5.74) is -0.0894. The Morgan fingerprint density at radius 2 is 1.96 bits per heavy atom. The first kappa shape index (κ1) is 19.2. The van der Waals surface area contributed by atoms with Crippen LogP contribution in [-0.2, 0) is 11.0 Å². The molecule has 1 amide bonds. The molecule has 1 atom stereocenters. The SMILES string of the molecule is Cc1cc(NC(=O)C(C)N2CCN(c3ccc(C(F)(F)F)cn3)CC2)on1. The number of carbonyl (C=O) groups is 1. The van der Waals surface area contributed by atoms with Crippen molar-refractivity contribution in [2.75, 3.05) is 36.4 Å². The van der Waals surface area contributed by atoms with Gasteiger partial charge in [-0.2, -0.15) is 13.2 Å². The first-order chi connectivity index (χ1) is 12.7. The van der Waals surface area contributed by atoms with Gasteiger partial charge in [0, 0.05) is 38.4 Å². The molecule has 10 heteroatoms. The van der Waals surface area contributed by atoms with Gasteiger partial charge in [0.25, 0.3) is 0 Å². The average Bonchev–Trinajstić information content (AvgIpc) is 3.05. The normalized spacial score (nSPS) is 17.0. The molecule has 0 aromatic carbocycles. The number of hydrogen-bond donors (Lipinski definition) is 1. The molecule has 2 aromatic rings. The number of pyridine rings is 1. The molecule has 3 heterocycles. The molecule has 0 spiro atoms. The molecular formula is C17H20F3N5O2. The van der Waals surface area contributed by atoms with Crippen LogP contribution in [0.4, 0.5) is 24.9 Å². The highest BCUT2D eigenvalue weighted by molar-refractivity contribution is 5.93. The van der Waals surface area contributed by atoms with E-state index in [1.54, 1.807) is 19.9 Å². The summed E-state index contributed by atoms with van der Waals surface area (Å²) in [6.45, 7) is 5.87. The summed E-state index contributed by atoms with van der Waals surface area (Å²) in [5, 5.41) is 6.40. The summed E-state index contributed by atoms with van der Waals surface area (Å²) in [5.74, 6) is 0.598. The van der Waals surface area contributed by atoms with E-state index in [4.69, 9.17) is 4.52 Å². The minimum absolute atomic E-state index is 0.202. The number of nitrogens with one attached hydrogen (secondary N) is 1. The minimum atomic E-state index is -4.39. The number of nitrogens with zero attached hydrogens (tertiary/aromatic N) is 4. The van der Waals surface area contributed by atoms with Crippen LogP contribution in [0, 0.1) is 6.92 Å². The number of alkyl halides is 3. The number of carbonyl (C=O) groups excluding carboxylic acids is 1. The van der Waals surface area contributed by atoms with Crippen molar-refractivity contribution < 1.29 is 22.5 Å². The zero-order valence-electron chi connectivity index (χ0n) is 15.0. The summed E-state index contributed by atoms with van der Waals surface area (Å²) in [6, 6.07) is 3.67. The molecule has 0 radical (unpaired) electrons. The third-order valence-corrected chi connectivity index (χ3v) is 4.51. The average molecular weight is 383 g/mol. The van der Waals surface area contributed by atoms with E-state index in [1.807, 2.05) is 9.80 Å². The van der Waals surface area contributed by atoms with E-state index in [1.165, 1.54) is 6.07 Å². The number of piperazine rings is 1. The Morgan fingerprint density at radius 1 is 1.26 bits per heavy atom. The predicted octanol–water partition coefficient (Wildman–Crippen LogP) is 2.55. The van der Waals surface area contributed by atoms with E-state index in [9.17, 15) is 18.0 Å². The summed E-state index contributed by atoms with van der Waals surface area (Å²) >= 11 is 0. The number of amides is 1. The molecule has 0 bridgehead atoms. The van der Waals surface area contributed by atoms with Gasteiger partial charge in [-0.1, -0.05) is 5.16 Å². The number of hydrogen-bond acceptors (Lipinski definition) is 6. The quantitative estimate of drug-likeness (QED) is 0.875. The fourth-order valence-electron chi connectivity index (χ4n) is 2.89. The van der Waals surface area contributed by atoms with Crippen LogP contribution in [0.5, 0.6) is 0 Å².